The SMILES string of the molecule is CC(N)C(=O)NC(C(=O)N1CCCC1C1=NC(CO)(Cc2cccc(Cl)c2)CO1)C(C)OCc1cccc(CCCCCCCCCCC(C)N(C)C(=O)c2cc3ccccc3c(-c3cccc(Cl)c3)n2)c1. The van der Waals surface area contributed by atoms with Gasteiger partial charge in [0.05, 0.1) is 31.1 Å². The average molecular weight is 1020 g/mol. The van der Waals surface area contributed by atoms with Gasteiger partial charge in [0.2, 0.25) is 17.7 Å². The highest BCUT2D eigenvalue weighted by Crippen LogP contribution is 2.32. The van der Waals surface area contributed by atoms with Crippen LogP contribution in [0, 0.1) is 0 Å². The van der Waals surface area contributed by atoms with Gasteiger partial charge in [0.15, 0.2) is 0 Å². The van der Waals surface area contributed by atoms with Crippen LogP contribution in [0.5, 0.6) is 0 Å². The number of pyridine rings is 1. The third kappa shape index (κ3) is 14.4. The number of carbonyl (C=O) groups is 3. The first-order valence-electron chi connectivity index (χ1n) is 25.8. The van der Waals surface area contributed by atoms with Gasteiger partial charge in [-0.15, -0.1) is 0 Å². The molecule has 3 amide bonds. The molecular weight excluding hydrogens is 948 g/mol. The van der Waals surface area contributed by atoms with Crippen molar-refractivity contribution in [3.8, 4) is 11.3 Å². The van der Waals surface area contributed by atoms with Gasteiger partial charge < -0.3 is 35.4 Å². The summed E-state index contributed by atoms with van der Waals surface area (Å²) in [5.41, 5.74) is 10.3. The van der Waals surface area contributed by atoms with E-state index in [4.69, 9.17) is 48.4 Å². The number of carbonyl (C=O) groups excluding carboxylic acids is 3. The monoisotopic (exact) mass is 1020 g/mol. The molecule has 0 bridgehead atoms. The number of hydrogen-bond acceptors (Lipinski definition) is 9. The Kier molecular flexibility index (Phi) is 19.7. The van der Waals surface area contributed by atoms with Crippen LogP contribution in [0.4, 0.5) is 0 Å². The minimum absolute atomic E-state index is 0.0775. The number of nitrogens with one attached hydrogen (secondary N) is 1. The summed E-state index contributed by atoms with van der Waals surface area (Å²) in [6, 6.07) is 31.2. The van der Waals surface area contributed by atoms with Crippen molar-refractivity contribution in [2.75, 3.05) is 26.8 Å². The maximum atomic E-state index is 14.4. The van der Waals surface area contributed by atoms with Gasteiger partial charge in [-0.3, -0.25) is 14.4 Å². The van der Waals surface area contributed by atoms with Gasteiger partial charge in [-0.1, -0.05) is 141 Å². The van der Waals surface area contributed by atoms with Crippen LogP contribution in [0.15, 0.2) is 108 Å². The summed E-state index contributed by atoms with van der Waals surface area (Å²) in [5.74, 6) is -0.395. The summed E-state index contributed by atoms with van der Waals surface area (Å²) >= 11 is 12.6. The van der Waals surface area contributed by atoms with Gasteiger partial charge in [-0.05, 0) is 105 Å². The molecule has 4 aromatic carbocycles. The Bertz CT molecular complexity index is 2660. The number of ether oxygens (including phenoxy) is 2. The molecule has 4 N–H and O–H groups in total. The number of rotatable bonds is 25. The van der Waals surface area contributed by atoms with E-state index in [1.165, 1.54) is 31.2 Å². The van der Waals surface area contributed by atoms with Gasteiger partial charge in [0, 0.05) is 47.1 Å². The Morgan fingerprint density at radius 3 is 2.28 bits per heavy atom. The number of nitrogens with zero attached hydrogens (tertiary/aromatic N) is 4. The average Bonchev–Trinajstić information content (AvgIpc) is 4.05. The lowest BCUT2D eigenvalue weighted by Gasteiger charge is -2.32. The number of fused-ring (bicyclic) bond motifs is 1. The number of aliphatic hydroxyl groups excluding tert-OH is 1. The van der Waals surface area contributed by atoms with E-state index in [9.17, 15) is 19.5 Å². The van der Waals surface area contributed by atoms with Crippen molar-refractivity contribution in [1.82, 2.24) is 20.1 Å². The Balaban J connectivity index is 0.819. The fourth-order valence-corrected chi connectivity index (χ4v) is 10.2. The molecule has 6 unspecified atom stereocenters. The van der Waals surface area contributed by atoms with Crippen LogP contribution in [0.2, 0.25) is 10.0 Å². The topological polar surface area (TPSA) is 160 Å². The quantitative estimate of drug-likeness (QED) is 0.0487. The fourth-order valence-electron chi connectivity index (χ4n) is 9.83. The number of hydrogen-bond donors (Lipinski definition) is 3. The van der Waals surface area contributed by atoms with Crippen LogP contribution in [0.25, 0.3) is 22.0 Å². The van der Waals surface area contributed by atoms with E-state index < -0.39 is 35.7 Å². The van der Waals surface area contributed by atoms with Gasteiger partial charge in [-0.2, -0.15) is 0 Å². The lowest BCUT2D eigenvalue weighted by molar-refractivity contribution is -0.141. The number of nitrogens with two attached hydrogens (primary N) is 1. The second-order valence-electron chi connectivity index (χ2n) is 19.9. The van der Waals surface area contributed by atoms with Gasteiger partial charge in [-0.25, -0.2) is 9.98 Å². The number of likely N-dealkylation sites (tertiary alicyclic amines) is 1. The van der Waals surface area contributed by atoms with Crippen molar-refractivity contribution in [3.63, 3.8) is 0 Å². The molecule has 0 saturated carbocycles. The Morgan fingerprint density at radius 2 is 1.54 bits per heavy atom. The second kappa shape index (κ2) is 26.0. The molecule has 2 aliphatic heterocycles. The molecule has 0 spiro atoms. The van der Waals surface area contributed by atoms with Crippen molar-refractivity contribution in [1.29, 1.82) is 0 Å². The van der Waals surface area contributed by atoms with Crippen molar-refractivity contribution in [2.24, 2.45) is 10.7 Å². The van der Waals surface area contributed by atoms with Crippen LogP contribution in [-0.2, 0) is 38.5 Å². The summed E-state index contributed by atoms with van der Waals surface area (Å²) < 4.78 is 12.5. The maximum Gasteiger partial charge on any atom is 0.272 e. The standard InChI is InChI=1S/C58H72Cl2N6O6/c1-39(65(4)56(69)50-34-45-24-13-14-28-49(45)53(62-50)46-25-17-27-48(60)33-46)19-11-9-7-5-6-8-10-12-20-42-21-15-23-44(31-42)36-71-41(3)52(63-54(68)40(2)61)57(70)66-30-18-29-51(66)55-64-58(37-67,38-72-55)35-43-22-16-26-47(59)32-43/h13-17,21-28,31-34,39-41,51-52,67H,5-12,18-20,29-30,35-38,61H2,1-4H3,(H,63,68). The number of benzene rings is 4. The molecule has 72 heavy (non-hydrogen) atoms. The maximum absolute atomic E-state index is 14.4. The van der Waals surface area contributed by atoms with Crippen molar-refractivity contribution < 1.29 is 29.0 Å². The largest absolute Gasteiger partial charge is 0.477 e. The normalized spacial score (nSPS) is 18.3. The number of aromatic nitrogens is 1. The molecule has 5 aromatic rings. The molecule has 0 radical (unpaired) electrons. The van der Waals surface area contributed by atoms with E-state index >= 15 is 0 Å². The van der Waals surface area contributed by atoms with E-state index in [1.807, 2.05) is 96.9 Å². The minimum Gasteiger partial charge on any atom is -0.477 e. The zero-order chi connectivity index (χ0) is 51.2. The molecule has 0 aliphatic carbocycles. The molecule has 1 saturated heterocycles. The van der Waals surface area contributed by atoms with Crippen molar-refractivity contribution >= 4 is 57.6 Å². The molecule has 384 valence electrons. The first kappa shape index (κ1) is 54.4. The molecule has 14 heteroatoms. The highest BCUT2D eigenvalue weighted by atomic mass is 35.5. The number of halogens is 2. The zero-order valence-corrected chi connectivity index (χ0v) is 43.8. The number of amides is 3. The lowest BCUT2D eigenvalue weighted by Crippen LogP contribution is -2.58. The zero-order valence-electron chi connectivity index (χ0n) is 42.3. The Hall–Kier alpha value is -5.37. The summed E-state index contributed by atoms with van der Waals surface area (Å²) in [6.07, 6.45) is 12.3. The minimum atomic E-state index is -0.986. The van der Waals surface area contributed by atoms with Crippen LogP contribution in [0.1, 0.15) is 119 Å². The molecule has 3 heterocycles. The van der Waals surface area contributed by atoms with Crippen LogP contribution in [0.3, 0.4) is 0 Å². The van der Waals surface area contributed by atoms with Crippen LogP contribution >= 0.6 is 23.2 Å². The summed E-state index contributed by atoms with van der Waals surface area (Å²) in [7, 11) is 1.88. The number of aliphatic imine (C=N–C) groups is 1. The third-order valence-electron chi connectivity index (χ3n) is 14.2. The molecular formula is C58H72Cl2N6O6. The predicted octanol–water partition coefficient (Wildman–Crippen LogP) is 10.6. The summed E-state index contributed by atoms with van der Waals surface area (Å²) in [6.45, 7) is 6.20. The van der Waals surface area contributed by atoms with Crippen LogP contribution < -0.4 is 11.1 Å². The summed E-state index contributed by atoms with van der Waals surface area (Å²) in [4.78, 5) is 54.4. The highest BCUT2D eigenvalue weighted by Gasteiger charge is 2.45. The molecule has 6 atom stereocenters. The Labute approximate surface area is 435 Å². The van der Waals surface area contributed by atoms with E-state index in [0.29, 0.717) is 41.0 Å². The second-order valence-corrected chi connectivity index (χ2v) is 20.8. The molecule has 1 aromatic heterocycles. The highest BCUT2D eigenvalue weighted by molar-refractivity contribution is 6.31. The Morgan fingerprint density at radius 1 is 0.861 bits per heavy atom. The van der Waals surface area contributed by atoms with E-state index in [0.717, 1.165) is 78.1 Å². The third-order valence-corrected chi connectivity index (χ3v) is 14.7. The first-order chi connectivity index (χ1) is 34.7. The van der Waals surface area contributed by atoms with Gasteiger partial charge >= 0.3 is 0 Å². The summed E-state index contributed by atoms with van der Waals surface area (Å²) in [5, 5.41) is 16.5. The molecule has 1 fully saturated rings. The predicted molar refractivity (Wildman–Crippen MR) is 288 cm³/mol. The molecule has 7 rings (SSSR count). The van der Waals surface area contributed by atoms with E-state index in [2.05, 4.69) is 24.4 Å². The number of aryl methyl sites for hydroxylation is 1. The molecule has 12 nitrogen and oxygen atoms in total. The molecule has 2 aliphatic rings. The fraction of sp³-hybridized carbons (Fsp3) is 0.466. The van der Waals surface area contributed by atoms with Crippen molar-refractivity contribution in [2.45, 2.75) is 147 Å². The van der Waals surface area contributed by atoms with Gasteiger partial charge in [0.25, 0.3) is 5.91 Å². The number of aliphatic hydroxyl groups is 1. The smallest absolute Gasteiger partial charge is 0.272 e. The first-order valence-corrected chi connectivity index (χ1v) is 26.6. The number of unbranched alkanes of at least 4 members (excludes halogenated alkanes) is 7. The van der Waals surface area contributed by atoms with E-state index in [-0.39, 0.29) is 37.7 Å². The van der Waals surface area contributed by atoms with E-state index in [1.54, 1.807) is 24.8 Å². The van der Waals surface area contributed by atoms with Crippen molar-refractivity contribution in [3.05, 3.63) is 136 Å². The van der Waals surface area contributed by atoms with Gasteiger partial charge in [0.1, 0.15) is 29.9 Å². The van der Waals surface area contributed by atoms with Crippen LogP contribution in [-0.4, -0.2) is 106 Å². The lowest BCUT2D eigenvalue weighted by atomic mass is 9.93.